The predicted octanol–water partition coefficient (Wildman–Crippen LogP) is 3.30. The minimum Gasteiger partial charge on any atom is -0.507 e. The fraction of sp³-hybridized carbons (Fsp3) is 0.333. The number of carbonyl (C=O) groups is 2. The number of rotatable bonds is 10. The highest BCUT2D eigenvalue weighted by atomic mass is 16.6. The van der Waals surface area contributed by atoms with E-state index in [-0.39, 0.29) is 23.6 Å². The molecule has 1 amide bonds. The number of hydrogen-bond donors (Lipinski definition) is 1. The molecule has 10 heteroatoms. The molecule has 2 heterocycles. The minimum absolute atomic E-state index is 0.0509. The number of morpholine rings is 1. The molecule has 0 bridgehead atoms. The maximum atomic E-state index is 13.2. The summed E-state index contributed by atoms with van der Waals surface area (Å²) in [6.45, 7) is 7.86. The van der Waals surface area contributed by atoms with E-state index in [0.29, 0.717) is 43.1 Å². The molecular weight excluding hydrogens is 478 g/mol. The van der Waals surface area contributed by atoms with Gasteiger partial charge >= 0.3 is 0 Å². The molecule has 1 atom stereocenters. The van der Waals surface area contributed by atoms with E-state index in [1.807, 2.05) is 0 Å². The number of Topliss-reactive ketones (excluding diaryl/α,β-unsaturated/α-hetero) is 1. The first-order valence-corrected chi connectivity index (χ1v) is 12.1. The van der Waals surface area contributed by atoms with Gasteiger partial charge in [-0.1, -0.05) is 12.7 Å². The van der Waals surface area contributed by atoms with Crippen molar-refractivity contribution < 1.29 is 29.1 Å². The van der Waals surface area contributed by atoms with Crippen molar-refractivity contribution in [1.82, 2.24) is 9.80 Å². The van der Waals surface area contributed by atoms with Gasteiger partial charge in [-0.05, 0) is 48.4 Å². The van der Waals surface area contributed by atoms with E-state index in [9.17, 15) is 24.8 Å². The van der Waals surface area contributed by atoms with Crippen LogP contribution in [0, 0.1) is 10.1 Å². The third-order valence-corrected chi connectivity index (χ3v) is 6.43. The van der Waals surface area contributed by atoms with Crippen LogP contribution in [-0.2, 0) is 14.3 Å². The molecule has 0 spiro atoms. The van der Waals surface area contributed by atoms with Crippen LogP contribution >= 0.6 is 0 Å². The summed E-state index contributed by atoms with van der Waals surface area (Å²) in [6.07, 6.45) is 2.23. The van der Waals surface area contributed by atoms with Crippen LogP contribution in [0.4, 0.5) is 5.69 Å². The number of non-ortho nitro benzene ring substituents is 1. The zero-order valence-corrected chi connectivity index (χ0v) is 20.4. The largest absolute Gasteiger partial charge is 0.507 e. The summed E-state index contributed by atoms with van der Waals surface area (Å²) < 4.78 is 10.9. The number of benzene rings is 2. The Kier molecular flexibility index (Phi) is 8.32. The number of ether oxygens (including phenoxy) is 2. The van der Waals surface area contributed by atoms with Crippen molar-refractivity contribution in [2.24, 2.45) is 0 Å². The van der Waals surface area contributed by atoms with Crippen molar-refractivity contribution in [3.8, 4) is 5.75 Å². The number of nitro benzene ring substituents is 1. The Morgan fingerprint density at radius 1 is 1.11 bits per heavy atom. The molecule has 2 aliphatic rings. The Morgan fingerprint density at radius 2 is 1.78 bits per heavy atom. The van der Waals surface area contributed by atoms with E-state index in [1.54, 1.807) is 30.3 Å². The van der Waals surface area contributed by atoms with Gasteiger partial charge in [0.25, 0.3) is 17.4 Å². The minimum atomic E-state index is -0.873. The van der Waals surface area contributed by atoms with Crippen molar-refractivity contribution in [2.75, 3.05) is 46.0 Å². The summed E-state index contributed by atoms with van der Waals surface area (Å²) >= 11 is 0. The average Bonchev–Trinajstić information content (AvgIpc) is 3.17. The molecule has 37 heavy (non-hydrogen) atoms. The standard InChI is InChI=1S/C27H29N3O7/c1-2-16-37-22-10-6-20(7-11-22)25(31)23-24(19-4-8-21(9-5-19)30(34)35)29(27(33)26(23)32)13-3-12-28-14-17-36-18-15-28/h2,4-11,24,31H,1,3,12-18H2/t24-/m0/s1. The number of carbonyl (C=O) groups excluding carboxylic acids is 2. The van der Waals surface area contributed by atoms with E-state index < -0.39 is 22.7 Å². The normalized spacial score (nSPS) is 19.7. The molecule has 2 aromatic carbocycles. The predicted molar refractivity (Wildman–Crippen MR) is 136 cm³/mol. The van der Waals surface area contributed by atoms with E-state index in [0.717, 1.165) is 19.6 Å². The number of ketones is 1. The van der Waals surface area contributed by atoms with E-state index in [4.69, 9.17) is 9.47 Å². The molecule has 1 N–H and O–H groups in total. The van der Waals surface area contributed by atoms with Gasteiger partial charge in [-0.15, -0.1) is 0 Å². The van der Waals surface area contributed by atoms with Gasteiger partial charge in [0.05, 0.1) is 29.8 Å². The Morgan fingerprint density at radius 3 is 2.41 bits per heavy atom. The van der Waals surface area contributed by atoms with Crippen molar-refractivity contribution >= 4 is 23.1 Å². The SMILES string of the molecule is C=CCOc1ccc(C(O)=C2C(=O)C(=O)N(CCCN3CCOCC3)[C@H]2c2ccc([N+](=O)[O-])cc2)cc1. The van der Waals surface area contributed by atoms with Crippen LogP contribution in [0.5, 0.6) is 5.75 Å². The van der Waals surface area contributed by atoms with Crippen LogP contribution in [0.3, 0.4) is 0 Å². The molecular formula is C27H29N3O7. The second-order valence-electron chi connectivity index (χ2n) is 8.77. The maximum Gasteiger partial charge on any atom is 0.295 e. The molecule has 2 fully saturated rings. The zero-order valence-electron chi connectivity index (χ0n) is 20.4. The van der Waals surface area contributed by atoms with Crippen LogP contribution < -0.4 is 4.74 Å². The summed E-state index contributed by atoms with van der Waals surface area (Å²) in [5.41, 5.74) is 0.695. The van der Waals surface area contributed by atoms with Gasteiger partial charge in [0.2, 0.25) is 0 Å². The Hall–Kier alpha value is -4.02. The molecule has 194 valence electrons. The number of aliphatic hydroxyl groups excluding tert-OH is 1. The molecule has 0 radical (unpaired) electrons. The van der Waals surface area contributed by atoms with Crippen molar-refractivity contribution in [2.45, 2.75) is 12.5 Å². The van der Waals surface area contributed by atoms with Crippen LogP contribution in [0.25, 0.3) is 5.76 Å². The first-order valence-electron chi connectivity index (χ1n) is 12.1. The van der Waals surface area contributed by atoms with E-state index >= 15 is 0 Å². The quantitative estimate of drug-likeness (QED) is 0.130. The zero-order chi connectivity index (χ0) is 26.4. The first kappa shape index (κ1) is 26.1. The number of hydrogen-bond acceptors (Lipinski definition) is 8. The van der Waals surface area contributed by atoms with Gasteiger partial charge in [-0.25, -0.2) is 0 Å². The second kappa shape index (κ2) is 11.8. The first-order chi connectivity index (χ1) is 17.9. The Bertz CT molecular complexity index is 1190. The van der Waals surface area contributed by atoms with Gasteiger partial charge in [-0.3, -0.25) is 24.6 Å². The molecule has 0 unspecified atom stereocenters. The lowest BCUT2D eigenvalue weighted by Crippen LogP contribution is -2.38. The van der Waals surface area contributed by atoms with Gasteiger partial charge in [0, 0.05) is 43.9 Å². The molecule has 2 saturated heterocycles. The molecule has 0 saturated carbocycles. The number of nitro groups is 1. The van der Waals surface area contributed by atoms with Crippen LogP contribution in [0.2, 0.25) is 0 Å². The van der Waals surface area contributed by atoms with Crippen molar-refractivity contribution in [1.29, 1.82) is 0 Å². The summed E-state index contributed by atoms with van der Waals surface area (Å²) in [5.74, 6) is -1.25. The fourth-order valence-electron chi connectivity index (χ4n) is 4.54. The van der Waals surface area contributed by atoms with E-state index in [2.05, 4.69) is 11.5 Å². The second-order valence-corrected chi connectivity index (χ2v) is 8.77. The highest BCUT2D eigenvalue weighted by Crippen LogP contribution is 2.40. The van der Waals surface area contributed by atoms with Crippen LogP contribution in [0.1, 0.15) is 23.6 Å². The summed E-state index contributed by atoms with van der Waals surface area (Å²) in [6, 6.07) is 11.3. The fourth-order valence-corrected chi connectivity index (χ4v) is 4.54. The van der Waals surface area contributed by atoms with E-state index in [1.165, 1.54) is 29.2 Å². The van der Waals surface area contributed by atoms with Crippen LogP contribution in [0.15, 0.2) is 66.8 Å². The number of amides is 1. The lowest BCUT2D eigenvalue weighted by molar-refractivity contribution is -0.384. The average molecular weight is 508 g/mol. The molecule has 0 aliphatic carbocycles. The maximum absolute atomic E-state index is 13.2. The third kappa shape index (κ3) is 5.87. The number of nitrogens with zero attached hydrogens (tertiary/aromatic N) is 3. The van der Waals surface area contributed by atoms with Gasteiger partial charge in [0.15, 0.2) is 0 Å². The summed E-state index contributed by atoms with van der Waals surface area (Å²) in [7, 11) is 0. The number of aliphatic hydroxyl groups is 1. The monoisotopic (exact) mass is 507 g/mol. The lowest BCUT2D eigenvalue weighted by Gasteiger charge is -2.29. The van der Waals surface area contributed by atoms with Gasteiger partial charge in [-0.2, -0.15) is 0 Å². The Labute approximate surface area is 214 Å². The smallest absolute Gasteiger partial charge is 0.295 e. The number of likely N-dealkylation sites (tertiary alicyclic amines) is 1. The third-order valence-electron chi connectivity index (χ3n) is 6.43. The summed E-state index contributed by atoms with van der Waals surface area (Å²) in [4.78, 5) is 40.6. The molecule has 10 nitrogen and oxygen atoms in total. The van der Waals surface area contributed by atoms with Gasteiger partial charge < -0.3 is 19.5 Å². The molecule has 4 rings (SSSR count). The Balaban J connectivity index is 1.66. The summed E-state index contributed by atoms with van der Waals surface area (Å²) in [5, 5.41) is 22.3. The lowest BCUT2D eigenvalue weighted by atomic mass is 9.95. The molecule has 0 aromatic heterocycles. The highest BCUT2D eigenvalue weighted by Gasteiger charge is 2.45. The van der Waals surface area contributed by atoms with Gasteiger partial charge in [0.1, 0.15) is 18.1 Å². The van der Waals surface area contributed by atoms with Crippen molar-refractivity contribution in [3.05, 3.63) is 88.0 Å². The van der Waals surface area contributed by atoms with Crippen LogP contribution in [-0.4, -0.2) is 77.5 Å². The van der Waals surface area contributed by atoms with Crippen molar-refractivity contribution in [3.63, 3.8) is 0 Å². The molecule has 2 aromatic rings. The topological polar surface area (TPSA) is 122 Å². The highest BCUT2D eigenvalue weighted by molar-refractivity contribution is 6.46. The molecule has 2 aliphatic heterocycles.